The van der Waals surface area contributed by atoms with E-state index in [4.69, 9.17) is 5.73 Å². The third-order valence-electron chi connectivity index (χ3n) is 4.27. The number of hydrogen-bond donors (Lipinski definition) is 2. The lowest BCUT2D eigenvalue weighted by Gasteiger charge is -2.23. The summed E-state index contributed by atoms with van der Waals surface area (Å²) in [4.78, 5) is 27.6. The van der Waals surface area contributed by atoms with Crippen LogP contribution in [0, 0.1) is 0 Å². The first-order valence-corrected chi connectivity index (χ1v) is 8.29. The molecule has 3 N–H and O–H groups in total. The Hall–Kier alpha value is -2.50. The molecule has 0 unspecified atom stereocenters. The number of amides is 3. The first kappa shape index (κ1) is 17.8. The second kappa shape index (κ2) is 8.38. The third kappa shape index (κ3) is 4.50. The van der Waals surface area contributed by atoms with Crippen molar-refractivity contribution in [2.45, 2.75) is 25.3 Å². The zero-order chi connectivity index (χ0) is 17.5. The second-order valence-corrected chi connectivity index (χ2v) is 6.11. The monoisotopic (exact) mass is 330 g/mol. The van der Waals surface area contributed by atoms with E-state index in [1.54, 1.807) is 24.1 Å². The number of allylic oxidation sites excluding steroid dienone is 1. The summed E-state index contributed by atoms with van der Waals surface area (Å²) in [5.41, 5.74) is 6.80. The molecule has 0 aromatic heterocycles. The van der Waals surface area contributed by atoms with E-state index in [2.05, 4.69) is 16.8 Å². The molecule has 0 saturated carbocycles. The van der Waals surface area contributed by atoms with Crippen LogP contribution in [0.2, 0.25) is 0 Å². The smallest absolute Gasteiger partial charge is 0.317 e. The lowest BCUT2D eigenvalue weighted by molar-refractivity contribution is 0.100. The number of hydrogen-bond acceptors (Lipinski definition) is 3. The van der Waals surface area contributed by atoms with E-state index in [-0.39, 0.29) is 12.1 Å². The summed E-state index contributed by atoms with van der Waals surface area (Å²) in [6.45, 7) is 5.86. The van der Waals surface area contributed by atoms with Gasteiger partial charge in [-0.15, -0.1) is 6.58 Å². The van der Waals surface area contributed by atoms with Crippen LogP contribution in [0.15, 0.2) is 36.9 Å². The fourth-order valence-electron chi connectivity index (χ4n) is 2.91. The van der Waals surface area contributed by atoms with Gasteiger partial charge in [-0.3, -0.25) is 4.79 Å². The van der Waals surface area contributed by atoms with E-state index < -0.39 is 5.91 Å². The molecule has 0 spiro atoms. The Morgan fingerprint density at radius 3 is 2.92 bits per heavy atom. The molecule has 1 atom stereocenters. The van der Waals surface area contributed by atoms with E-state index in [1.165, 1.54) is 0 Å². The number of nitrogens with two attached hydrogens (primary N) is 1. The highest BCUT2D eigenvalue weighted by atomic mass is 16.2. The summed E-state index contributed by atoms with van der Waals surface area (Å²) >= 11 is 0. The van der Waals surface area contributed by atoms with Gasteiger partial charge in [-0.2, -0.15) is 0 Å². The Morgan fingerprint density at radius 2 is 2.21 bits per heavy atom. The van der Waals surface area contributed by atoms with Crippen LogP contribution in [0.4, 0.5) is 10.5 Å². The average molecular weight is 330 g/mol. The zero-order valence-electron chi connectivity index (χ0n) is 14.2. The van der Waals surface area contributed by atoms with Crippen LogP contribution >= 0.6 is 0 Å². The van der Waals surface area contributed by atoms with Crippen LogP contribution < -0.4 is 16.0 Å². The number of nitrogens with zero attached hydrogens (tertiary/aromatic N) is 2. The fraction of sp³-hybridized carbons (Fsp3) is 0.444. The van der Waals surface area contributed by atoms with Crippen molar-refractivity contribution in [2.24, 2.45) is 5.73 Å². The van der Waals surface area contributed by atoms with E-state index in [9.17, 15) is 9.59 Å². The topological polar surface area (TPSA) is 78.7 Å². The Labute approximate surface area is 143 Å². The average Bonchev–Trinajstić information content (AvgIpc) is 3.03. The Balaban J connectivity index is 1.90. The standard InChI is InChI=1S/C18H26N4O2/c1-3-4-7-11-21(2)18(24)20-14-10-12-22(13-14)16-9-6-5-8-15(16)17(19)23/h3,5-6,8-9,14H,1,4,7,10-13H2,2H3,(H2,19,23)(H,20,24)/t14-/m0/s1. The van der Waals surface area contributed by atoms with E-state index in [0.29, 0.717) is 18.7 Å². The molecule has 1 aliphatic heterocycles. The summed E-state index contributed by atoms with van der Waals surface area (Å²) in [7, 11) is 1.80. The van der Waals surface area contributed by atoms with Gasteiger partial charge < -0.3 is 20.9 Å². The van der Waals surface area contributed by atoms with Gasteiger partial charge in [0, 0.05) is 38.4 Å². The minimum atomic E-state index is -0.431. The van der Waals surface area contributed by atoms with Gasteiger partial charge in [0.25, 0.3) is 5.91 Å². The summed E-state index contributed by atoms with van der Waals surface area (Å²) in [6.07, 6.45) is 4.52. The number of nitrogens with one attached hydrogen (secondary N) is 1. The summed E-state index contributed by atoms with van der Waals surface area (Å²) < 4.78 is 0. The normalized spacial score (nSPS) is 16.7. The van der Waals surface area contributed by atoms with Gasteiger partial charge in [0.1, 0.15) is 0 Å². The van der Waals surface area contributed by atoms with Crippen LogP contribution in [-0.2, 0) is 0 Å². The number of para-hydroxylation sites is 1. The van der Waals surface area contributed by atoms with Crippen LogP contribution in [0.5, 0.6) is 0 Å². The van der Waals surface area contributed by atoms with Crippen LogP contribution in [0.1, 0.15) is 29.6 Å². The van der Waals surface area contributed by atoms with Crippen molar-refractivity contribution in [3.63, 3.8) is 0 Å². The third-order valence-corrected chi connectivity index (χ3v) is 4.27. The quantitative estimate of drug-likeness (QED) is 0.593. The number of benzene rings is 1. The Morgan fingerprint density at radius 1 is 1.46 bits per heavy atom. The van der Waals surface area contributed by atoms with Gasteiger partial charge in [-0.1, -0.05) is 18.2 Å². The molecule has 0 bridgehead atoms. The van der Waals surface area contributed by atoms with Crippen molar-refractivity contribution < 1.29 is 9.59 Å². The maximum absolute atomic E-state index is 12.2. The Kier molecular flexibility index (Phi) is 6.23. The molecule has 0 radical (unpaired) electrons. The molecule has 3 amide bonds. The summed E-state index contributed by atoms with van der Waals surface area (Å²) in [6, 6.07) is 7.33. The van der Waals surface area contributed by atoms with Crippen molar-refractivity contribution in [1.29, 1.82) is 0 Å². The van der Waals surface area contributed by atoms with Gasteiger partial charge in [-0.25, -0.2) is 4.79 Å². The number of carbonyl (C=O) groups is 2. The predicted molar refractivity (Wildman–Crippen MR) is 96.2 cm³/mol. The lowest BCUT2D eigenvalue weighted by Crippen LogP contribution is -2.44. The van der Waals surface area contributed by atoms with E-state index in [1.807, 2.05) is 18.2 Å². The van der Waals surface area contributed by atoms with Gasteiger partial charge in [0.05, 0.1) is 5.56 Å². The largest absolute Gasteiger partial charge is 0.369 e. The minimum Gasteiger partial charge on any atom is -0.369 e. The maximum Gasteiger partial charge on any atom is 0.317 e. The second-order valence-electron chi connectivity index (χ2n) is 6.11. The number of carbonyl (C=O) groups excluding carboxylic acids is 2. The van der Waals surface area contributed by atoms with Crippen molar-refractivity contribution in [1.82, 2.24) is 10.2 Å². The summed E-state index contributed by atoms with van der Waals surface area (Å²) in [5.74, 6) is -0.431. The molecular formula is C18H26N4O2. The first-order chi connectivity index (χ1) is 11.5. The fourth-order valence-corrected chi connectivity index (χ4v) is 2.91. The first-order valence-electron chi connectivity index (χ1n) is 8.29. The highest BCUT2D eigenvalue weighted by Crippen LogP contribution is 2.24. The molecule has 1 saturated heterocycles. The summed E-state index contributed by atoms with van der Waals surface area (Å²) in [5, 5.41) is 3.06. The lowest BCUT2D eigenvalue weighted by atomic mass is 10.1. The van der Waals surface area contributed by atoms with Gasteiger partial charge in [-0.05, 0) is 31.4 Å². The molecule has 1 fully saturated rings. The highest BCUT2D eigenvalue weighted by Gasteiger charge is 2.26. The molecule has 1 aromatic carbocycles. The molecule has 24 heavy (non-hydrogen) atoms. The van der Waals surface area contributed by atoms with E-state index in [0.717, 1.165) is 31.5 Å². The molecule has 130 valence electrons. The number of rotatable bonds is 7. The van der Waals surface area contributed by atoms with E-state index >= 15 is 0 Å². The zero-order valence-corrected chi connectivity index (χ0v) is 14.2. The SMILES string of the molecule is C=CCCCN(C)C(=O)N[C@H]1CCN(c2ccccc2C(N)=O)C1. The molecule has 6 heteroatoms. The molecular weight excluding hydrogens is 304 g/mol. The van der Waals surface area contributed by atoms with Gasteiger partial charge >= 0.3 is 6.03 Å². The molecule has 1 aliphatic rings. The van der Waals surface area contributed by atoms with Crippen molar-refractivity contribution >= 4 is 17.6 Å². The maximum atomic E-state index is 12.2. The van der Waals surface area contributed by atoms with Crippen molar-refractivity contribution in [3.05, 3.63) is 42.5 Å². The van der Waals surface area contributed by atoms with Crippen molar-refractivity contribution in [2.75, 3.05) is 31.6 Å². The van der Waals surface area contributed by atoms with Crippen LogP contribution in [0.25, 0.3) is 0 Å². The minimum absolute atomic E-state index is 0.0610. The van der Waals surface area contributed by atoms with Gasteiger partial charge in [0.15, 0.2) is 0 Å². The number of urea groups is 1. The van der Waals surface area contributed by atoms with Crippen LogP contribution in [-0.4, -0.2) is 49.6 Å². The molecule has 0 aliphatic carbocycles. The number of anilines is 1. The Bertz CT molecular complexity index is 602. The van der Waals surface area contributed by atoms with Gasteiger partial charge in [0.2, 0.25) is 0 Å². The predicted octanol–water partition coefficient (Wildman–Crippen LogP) is 1.97. The van der Waals surface area contributed by atoms with Crippen LogP contribution in [0.3, 0.4) is 0 Å². The molecule has 1 aromatic rings. The number of unbranched alkanes of at least 4 members (excludes halogenated alkanes) is 1. The van der Waals surface area contributed by atoms with Crippen molar-refractivity contribution in [3.8, 4) is 0 Å². The molecule has 1 heterocycles. The highest BCUT2D eigenvalue weighted by molar-refractivity contribution is 5.98. The number of primary amides is 1. The molecule has 6 nitrogen and oxygen atoms in total. The molecule has 2 rings (SSSR count).